The van der Waals surface area contributed by atoms with Gasteiger partial charge in [0.05, 0.1) is 18.5 Å². The van der Waals surface area contributed by atoms with Crippen molar-refractivity contribution >= 4 is 17.3 Å². The molecular formula is C29H31N3O4. The van der Waals surface area contributed by atoms with E-state index in [4.69, 9.17) is 14.5 Å². The number of ether oxygens (including phenoxy) is 2. The molecule has 2 aromatic carbocycles. The van der Waals surface area contributed by atoms with Crippen molar-refractivity contribution in [2.24, 2.45) is 0 Å². The first-order valence-electron chi connectivity index (χ1n) is 12.0. The average Bonchev–Trinajstić information content (AvgIpc) is 3.27. The minimum absolute atomic E-state index is 0.00591. The molecule has 2 heterocycles. The molecule has 0 aliphatic heterocycles. The molecule has 186 valence electrons. The van der Waals surface area contributed by atoms with E-state index in [0.29, 0.717) is 31.6 Å². The van der Waals surface area contributed by atoms with Crippen molar-refractivity contribution in [3.63, 3.8) is 0 Å². The molecule has 2 aromatic heterocycles. The molecule has 0 bridgehead atoms. The van der Waals surface area contributed by atoms with Gasteiger partial charge in [-0.15, -0.1) is 0 Å². The number of hydrogen-bond donors (Lipinski definition) is 1. The highest BCUT2D eigenvalue weighted by Crippen LogP contribution is 2.30. The zero-order valence-corrected chi connectivity index (χ0v) is 20.9. The van der Waals surface area contributed by atoms with Gasteiger partial charge in [0.1, 0.15) is 11.4 Å². The number of pyridine rings is 1. The Morgan fingerprint density at radius 3 is 2.47 bits per heavy atom. The molecule has 4 rings (SSSR count). The first-order valence-corrected chi connectivity index (χ1v) is 12.0. The second-order valence-corrected chi connectivity index (χ2v) is 8.61. The summed E-state index contributed by atoms with van der Waals surface area (Å²) >= 11 is 0. The Balaban J connectivity index is 1.69. The van der Waals surface area contributed by atoms with Gasteiger partial charge in [-0.1, -0.05) is 36.4 Å². The van der Waals surface area contributed by atoms with Crippen LogP contribution < -0.4 is 10.1 Å². The second-order valence-electron chi connectivity index (χ2n) is 8.61. The maximum absolute atomic E-state index is 12.5. The van der Waals surface area contributed by atoms with Crippen molar-refractivity contribution < 1.29 is 19.1 Å². The van der Waals surface area contributed by atoms with Crippen LogP contribution in [-0.4, -0.2) is 48.4 Å². The lowest BCUT2D eigenvalue weighted by molar-refractivity contribution is -0.121. The lowest BCUT2D eigenvalue weighted by Gasteiger charge is -2.09. The zero-order chi connectivity index (χ0) is 25.5. The van der Waals surface area contributed by atoms with E-state index in [9.17, 15) is 9.59 Å². The fourth-order valence-corrected chi connectivity index (χ4v) is 4.17. The van der Waals surface area contributed by atoms with Gasteiger partial charge >= 0.3 is 0 Å². The number of carbonyl (C=O) groups excluding carboxylic acids is 2. The molecule has 0 fully saturated rings. The number of benzene rings is 2. The molecule has 0 saturated carbocycles. The molecule has 4 aromatic rings. The number of nitrogens with one attached hydrogen (secondary N) is 1. The van der Waals surface area contributed by atoms with Crippen LogP contribution in [-0.2, 0) is 16.0 Å². The summed E-state index contributed by atoms with van der Waals surface area (Å²) in [6.45, 7) is 2.76. The first-order chi connectivity index (χ1) is 17.5. The van der Waals surface area contributed by atoms with Gasteiger partial charge in [0.2, 0.25) is 5.91 Å². The lowest BCUT2D eigenvalue weighted by Crippen LogP contribution is -2.25. The lowest BCUT2D eigenvalue weighted by atomic mass is 10.0. The molecule has 0 saturated heterocycles. The van der Waals surface area contributed by atoms with E-state index in [1.165, 1.54) is 0 Å². The maximum Gasteiger partial charge on any atom is 0.220 e. The fraction of sp³-hybridized carbons (Fsp3) is 0.276. The van der Waals surface area contributed by atoms with Gasteiger partial charge in [-0.2, -0.15) is 0 Å². The number of amides is 1. The van der Waals surface area contributed by atoms with Gasteiger partial charge in [-0.25, -0.2) is 4.98 Å². The number of methoxy groups -OCH3 is 2. The third kappa shape index (κ3) is 5.80. The molecule has 1 amide bonds. The summed E-state index contributed by atoms with van der Waals surface area (Å²) in [4.78, 5) is 29.1. The monoisotopic (exact) mass is 485 g/mol. The zero-order valence-electron chi connectivity index (χ0n) is 20.9. The topological polar surface area (TPSA) is 81.9 Å². The fourth-order valence-electron chi connectivity index (χ4n) is 4.17. The predicted octanol–water partition coefficient (Wildman–Crippen LogP) is 4.96. The predicted molar refractivity (Wildman–Crippen MR) is 140 cm³/mol. The maximum atomic E-state index is 12.5. The molecule has 0 spiro atoms. The molecule has 0 unspecified atom stereocenters. The van der Waals surface area contributed by atoms with Crippen molar-refractivity contribution in [1.29, 1.82) is 0 Å². The number of aryl methyl sites for hydroxylation is 1. The van der Waals surface area contributed by atoms with Crippen LogP contribution in [0.15, 0.2) is 66.9 Å². The quantitative estimate of drug-likeness (QED) is 0.240. The number of aromatic nitrogens is 2. The summed E-state index contributed by atoms with van der Waals surface area (Å²) in [7, 11) is 3.29. The summed E-state index contributed by atoms with van der Waals surface area (Å²) in [6, 6.07) is 19.4. The number of Topliss-reactive ketones (excluding diaryl/α,β-unsaturated/α-hetero) is 1. The molecular weight excluding hydrogens is 454 g/mol. The van der Waals surface area contributed by atoms with Crippen molar-refractivity contribution in [2.75, 3.05) is 27.4 Å². The molecule has 0 atom stereocenters. The number of imidazole rings is 1. The summed E-state index contributed by atoms with van der Waals surface area (Å²) in [5, 5.41) is 2.96. The van der Waals surface area contributed by atoms with E-state index in [1.807, 2.05) is 66.9 Å². The number of ketones is 1. The van der Waals surface area contributed by atoms with Gasteiger partial charge in [0, 0.05) is 44.0 Å². The van der Waals surface area contributed by atoms with Crippen molar-refractivity contribution in [1.82, 2.24) is 14.7 Å². The minimum atomic E-state index is -0.00591. The Hall–Kier alpha value is -3.97. The molecule has 36 heavy (non-hydrogen) atoms. The largest absolute Gasteiger partial charge is 0.497 e. The van der Waals surface area contributed by atoms with Crippen molar-refractivity contribution in [3.8, 4) is 28.1 Å². The van der Waals surface area contributed by atoms with Gasteiger partial charge in [-0.05, 0) is 55.2 Å². The van der Waals surface area contributed by atoms with Crippen LogP contribution in [0.2, 0.25) is 0 Å². The standard InChI is InChI=1S/C29H31N3O4/c1-20(33)21-8-10-22(11-9-21)24-12-14-27-31-29(23-6-4-7-25(18-23)36-3)26(32(27)19-24)13-15-28(34)30-16-5-17-35-2/h4,6-12,14,18-19H,5,13,15-17H2,1-3H3,(H,30,34). The molecule has 7 heteroatoms. The summed E-state index contributed by atoms with van der Waals surface area (Å²) in [5.74, 6) is 0.781. The number of fused-ring (bicyclic) bond motifs is 1. The van der Waals surface area contributed by atoms with Crippen LogP contribution in [0, 0.1) is 0 Å². The highest BCUT2D eigenvalue weighted by molar-refractivity contribution is 5.94. The van der Waals surface area contributed by atoms with Gasteiger partial charge in [0.25, 0.3) is 0 Å². The highest BCUT2D eigenvalue weighted by Gasteiger charge is 2.17. The smallest absolute Gasteiger partial charge is 0.220 e. The van der Waals surface area contributed by atoms with Crippen molar-refractivity contribution in [3.05, 3.63) is 78.1 Å². The first kappa shape index (κ1) is 25.1. The number of hydrogen-bond acceptors (Lipinski definition) is 5. The van der Waals surface area contributed by atoms with E-state index >= 15 is 0 Å². The van der Waals surface area contributed by atoms with E-state index in [2.05, 4.69) is 9.72 Å². The number of carbonyl (C=O) groups is 2. The van der Waals surface area contributed by atoms with Crippen LogP contribution in [0.5, 0.6) is 5.75 Å². The van der Waals surface area contributed by atoms with Gasteiger partial charge in [0.15, 0.2) is 5.78 Å². The summed E-state index contributed by atoms with van der Waals surface area (Å²) < 4.78 is 12.5. The van der Waals surface area contributed by atoms with Crippen molar-refractivity contribution in [2.45, 2.75) is 26.2 Å². The highest BCUT2D eigenvalue weighted by atomic mass is 16.5. The van der Waals surface area contributed by atoms with E-state index in [1.54, 1.807) is 21.1 Å². The average molecular weight is 486 g/mol. The van der Waals surface area contributed by atoms with E-state index in [0.717, 1.165) is 45.9 Å². The van der Waals surface area contributed by atoms with Crippen LogP contribution in [0.25, 0.3) is 28.0 Å². The van der Waals surface area contributed by atoms with Crippen LogP contribution in [0.3, 0.4) is 0 Å². The molecule has 0 aliphatic rings. The summed E-state index contributed by atoms with van der Waals surface area (Å²) in [6.07, 6.45) is 3.69. The Morgan fingerprint density at radius 1 is 0.972 bits per heavy atom. The summed E-state index contributed by atoms with van der Waals surface area (Å²) in [5.41, 5.74) is 6.18. The minimum Gasteiger partial charge on any atom is -0.497 e. The van der Waals surface area contributed by atoms with Crippen LogP contribution in [0.1, 0.15) is 35.8 Å². The van der Waals surface area contributed by atoms with Gasteiger partial charge < -0.3 is 19.2 Å². The third-order valence-electron chi connectivity index (χ3n) is 6.12. The third-order valence-corrected chi connectivity index (χ3v) is 6.12. The molecule has 1 N–H and O–H groups in total. The Kier molecular flexibility index (Phi) is 8.13. The Labute approximate surface area is 211 Å². The molecule has 7 nitrogen and oxygen atoms in total. The number of rotatable bonds is 11. The van der Waals surface area contributed by atoms with Gasteiger partial charge in [-0.3, -0.25) is 9.59 Å². The Bertz CT molecular complexity index is 1360. The van der Waals surface area contributed by atoms with Crippen LogP contribution >= 0.6 is 0 Å². The molecule has 0 radical (unpaired) electrons. The SMILES string of the molecule is COCCCNC(=O)CCc1c(-c2cccc(OC)c2)nc2ccc(-c3ccc(C(C)=O)cc3)cn12. The van der Waals surface area contributed by atoms with E-state index < -0.39 is 0 Å². The normalized spacial score (nSPS) is 11.0. The van der Waals surface area contributed by atoms with E-state index in [-0.39, 0.29) is 11.7 Å². The number of nitrogens with zero attached hydrogens (tertiary/aromatic N) is 2. The second kappa shape index (κ2) is 11.6. The van der Waals surface area contributed by atoms with Crippen LogP contribution in [0.4, 0.5) is 0 Å². The molecule has 0 aliphatic carbocycles. The Morgan fingerprint density at radius 2 is 1.75 bits per heavy atom.